The van der Waals surface area contributed by atoms with E-state index in [1.165, 1.54) is 0 Å². The van der Waals surface area contributed by atoms with Crippen LogP contribution >= 0.6 is 0 Å². The van der Waals surface area contributed by atoms with E-state index in [1.807, 2.05) is 13.8 Å². The van der Waals surface area contributed by atoms with E-state index in [2.05, 4.69) is 5.32 Å². The molecule has 0 amide bonds. The summed E-state index contributed by atoms with van der Waals surface area (Å²) in [6.45, 7) is 4.39. The predicted octanol–water partition coefficient (Wildman–Crippen LogP) is -0.298. The summed E-state index contributed by atoms with van der Waals surface area (Å²) in [6.07, 6.45) is -0.260. The lowest BCUT2D eigenvalue weighted by Gasteiger charge is -2.30. The quantitative estimate of drug-likeness (QED) is 0.474. The van der Waals surface area contributed by atoms with Crippen LogP contribution in [0.4, 0.5) is 0 Å². The fourth-order valence-corrected chi connectivity index (χ4v) is 0.874. The SMILES string of the molecule is CC1N[C@H](O)COC1C. The lowest BCUT2D eigenvalue weighted by molar-refractivity contribution is -0.0762. The first-order valence-corrected chi connectivity index (χ1v) is 3.26. The fraction of sp³-hybridized carbons (Fsp3) is 1.00. The van der Waals surface area contributed by atoms with Crippen molar-refractivity contribution < 1.29 is 9.84 Å². The molecule has 0 aromatic heterocycles. The first kappa shape index (κ1) is 6.99. The Hall–Kier alpha value is -0.120. The Morgan fingerprint density at radius 1 is 1.56 bits per heavy atom. The molecule has 2 unspecified atom stereocenters. The van der Waals surface area contributed by atoms with Gasteiger partial charge in [0.2, 0.25) is 0 Å². The highest BCUT2D eigenvalue weighted by atomic mass is 16.5. The van der Waals surface area contributed by atoms with Crippen molar-refractivity contribution in [2.75, 3.05) is 6.61 Å². The zero-order valence-corrected chi connectivity index (χ0v) is 5.79. The van der Waals surface area contributed by atoms with Gasteiger partial charge in [-0.05, 0) is 13.8 Å². The molecule has 3 heteroatoms. The van der Waals surface area contributed by atoms with E-state index in [4.69, 9.17) is 9.84 Å². The molecule has 1 fully saturated rings. The third kappa shape index (κ3) is 1.64. The van der Waals surface area contributed by atoms with Crippen molar-refractivity contribution in [1.29, 1.82) is 0 Å². The second kappa shape index (κ2) is 2.64. The Bertz CT molecular complexity index is 97.1. The molecule has 1 aliphatic heterocycles. The van der Waals surface area contributed by atoms with Gasteiger partial charge in [-0.3, -0.25) is 5.32 Å². The molecule has 3 nitrogen and oxygen atoms in total. The molecular formula is C6H13NO2. The molecule has 0 saturated carbocycles. The van der Waals surface area contributed by atoms with Gasteiger partial charge in [-0.25, -0.2) is 0 Å². The lowest BCUT2D eigenvalue weighted by Crippen LogP contribution is -2.51. The van der Waals surface area contributed by atoms with Crippen molar-refractivity contribution in [3.05, 3.63) is 0 Å². The van der Waals surface area contributed by atoms with Crippen molar-refractivity contribution in [2.24, 2.45) is 0 Å². The first-order chi connectivity index (χ1) is 4.20. The van der Waals surface area contributed by atoms with Crippen LogP contribution in [0.1, 0.15) is 13.8 Å². The Morgan fingerprint density at radius 2 is 2.22 bits per heavy atom. The summed E-state index contributed by atoms with van der Waals surface area (Å²) >= 11 is 0. The second-order valence-electron chi connectivity index (χ2n) is 2.51. The van der Waals surface area contributed by atoms with E-state index >= 15 is 0 Å². The molecule has 0 aromatic rings. The minimum Gasteiger partial charge on any atom is -0.376 e. The topological polar surface area (TPSA) is 41.5 Å². The Morgan fingerprint density at radius 3 is 2.67 bits per heavy atom. The highest BCUT2D eigenvalue weighted by Crippen LogP contribution is 2.04. The molecule has 0 bridgehead atoms. The van der Waals surface area contributed by atoms with Crippen LogP contribution in [0.15, 0.2) is 0 Å². The van der Waals surface area contributed by atoms with Crippen LogP contribution < -0.4 is 5.32 Å². The van der Waals surface area contributed by atoms with Crippen LogP contribution in [0.3, 0.4) is 0 Å². The van der Waals surface area contributed by atoms with Gasteiger partial charge in [-0.2, -0.15) is 0 Å². The average molecular weight is 131 g/mol. The summed E-state index contributed by atoms with van der Waals surface area (Å²) in [7, 11) is 0. The summed E-state index contributed by atoms with van der Waals surface area (Å²) < 4.78 is 5.19. The summed E-state index contributed by atoms with van der Waals surface area (Å²) in [6, 6.07) is 0.258. The molecule has 0 radical (unpaired) electrons. The number of aliphatic hydroxyl groups excluding tert-OH is 1. The largest absolute Gasteiger partial charge is 0.376 e. The number of hydrogen-bond donors (Lipinski definition) is 2. The van der Waals surface area contributed by atoms with Gasteiger partial charge in [-0.15, -0.1) is 0 Å². The second-order valence-corrected chi connectivity index (χ2v) is 2.51. The molecule has 1 heterocycles. The third-order valence-corrected chi connectivity index (χ3v) is 1.68. The van der Waals surface area contributed by atoms with E-state index in [-0.39, 0.29) is 12.1 Å². The monoisotopic (exact) mass is 131 g/mol. The van der Waals surface area contributed by atoms with Gasteiger partial charge in [0.1, 0.15) is 6.23 Å². The number of rotatable bonds is 0. The van der Waals surface area contributed by atoms with E-state index in [0.717, 1.165) is 0 Å². The number of hydrogen-bond acceptors (Lipinski definition) is 3. The van der Waals surface area contributed by atoms with Crippen LogP contribution in [0, 0.1) is 0 Å². The molecule has 1 aliphatic rings. The molecule has 54 valence electrons. The number of nitrogens with one attached hydrogen (secondary N) is 1. The Kier molecular flexibility index (Phi) is 2.05. The summed E-state index contributed by atoms with van der Waals surface area (Å²) in [4.78, 5) is 0. The van der Waals surface area contributed by atoms with Crippen LogP contribution in [0.25, 0.3) is 0 Å². The number of morpholine rings is 1. The molecule has 0 spiro atoms. The number of aliphatic hydroxyl groups is 1. The van der Waals surface area contributed by atoms with Crippen LogP contribution in [-0.4, -0.2) is 30.1 Å². The smallest absolute Gasteiger partial charge is 0.128 e. The van der Waals surface area contributed by atoms with E-state index in [1.54, 1.807) is 0 Å². The maximum atomic E-state index is 8.96. The van der Waals surface area contributed by atoms with Crippen LogP contribution in [-0.2, 0) is 4.74 Å². The lowest BCUT2D eigenvalue weighted by atomic mass is 10.2. The molecule has 2 N–H and O–H groups in total. The first-order valence-electron chi connectivity index (χ1n) is 3.26. The van der Waals surface area contributed by atoms with E-state index in [0.29, 0.717) is 6.61 Å². The highest BCUT2D eigenvalue weighted by molar-refractivity contribution is 4.74. The van der Waals surface area contributed by atoms with Crippen molar-refractivity contribution in [2.45, 2.75) is 32.2 Å². The maximum absolute atomic E-state index is 8.96. The molecule has 0 aliphatic carbocycles. The van der Waals surface area contributed by atoms with Crippen LogP contribution in [0.2, 0.25) is 0 Å². The summed E-state index contributed by atoms with van der Waals surface area (Å²) in [5, 5.41) is 11.9. The van der Waals surface area contributed by atoms with Gasteiger partial charge in [0.15, 0.2) is 0 Å². The Labute approximate surface area is 55.0 Å². The zero-order valence-electron chi connectivity index (χ0n) is 5.79. The summed E-state index contributed by atoms with van der Waals surface area (Å²) in [5.41, 5.74) is 0. The maximum Gasteiger partial charge on any atom is 0.128 e. The third-order valence-electron chi connectivity index (χ3n) is 1.68. The number of ether oxygens (including phenoxy) is 1. The minimum absolute atomic E-state index is 0.216. The van der Waals surface area contributed by atoms with Crippen molar-refractivity contribution in [1.82, 2.24) is 5.32 Å². The van der Waals surface area contributed by atoms with Gasteiger partial charge < -0.3 is 9.84 Å². The van der Waals surface area contributed by atoms with Gasteiger partial charge in [0.05, 0.1) is 12.7 Å². The van der Waals surface area contributed by atoms with Crippen molar-refractivity contribution >= 4 is 0 Å². The van der Waals surface area contributed by atoms with Crippen molar-refractivity contribution in [3.63, 3.8) is 0 Å². The predicted molar refractivity (Wildman–Crippen MR) is 34.0 cm³/mol. The average Bonchev–Trinajstić information content (AvgIpc) is 1.80. The fourth-order valence-electron chi connectivity index (χ4n) is 0.874. The van der Waals surface area contributed by atoms with Gasteiger partial charge in [0, 0.05) is 6.04 Å². The minimum atomic E-state index is -0.476. The van der Waals surface area contributed by atoms with E-state index < -0.39 is 6.23 Å². The highest BCUT2D eigenvalue weighted by Gasteiger charge is 2.21. The standard InChI is InChI=1S/C6H13NO2/c1-4-5(2)9-3-6(8)7-4/h4-8H,3H2,1-2H3/t4?,5?,6-/m1/s1. The molecule has 3 atom stereocenters. The van der Waals surface area contributed by atoms with Crippen molar-refractivity contribution in [3.8, 4) is 0 Å². The van der Waals surface area contributed by atoms with Crippen LogP contribution in [0.5, 0.6) is 0 Å². The summed E-state index contributed by atoms with van der Waals surface area (Å²) in [5.74, 6) is 0. The van der Waals surface area contributed by atoms with Gasteiger partial charge >= 0.3 is 0 Å². The molecule has 1 rings (SSSR count). The molecule has 1 saturated heterocycles. The van der Waals surface area contributed by atoms with Gasteiger partial charge in [-0.1, -0.05) is 0 Å². The van der Waals surface area contributed by atoms with E-state index in [9.17, 15) is 0 Å². The zero-order chi connectivity index (χ0) is 6.85. The molecular weight excluding hydrogens is 118 g/mol. The molecule has 9 heavy (non-hydrogen) atoms. The van der Waals surface area contributed by atoms with Gasteiger partial charge in [0.25, 0.3) is 0 Å². The normalized spacial score (nSPS) is 45.0. The Balaban J connectivity index is 2.35. The molecule has 0 aromatic carbocycles.